The van der Waals surface area contributed by atoms with E-state index in [1.807, 2.05) is 11.8 Å². The molecule has 8 heteroatoms. The minimum absolute atomic E-state index is 0.106. The van der Waals surface area contributed by atoms with E-state index < -0.39 is 11.9 Å². The quantitative estimate of drug-likeness (QED) is 0.922. The van der Waals surface area contributed by atoms with E-state index in [1.54, 1.807) is 4.57 Å². The van der Waals surface area contributed by atoms with E-state index in [9.17, 15) is 18.0 Å². The van der Waals surface area contributed by atoms with E-state index in [4.69, 9.17) is 0 Å². The maximum absolute atomic E-state index is 13.4. The number of aromatic nitrogens is 2. The molecule has 0 aliphatic carbocycles. The number of halogens is 3. The van der Waals surface area contributed by atoms with Gasteiger partial charge in [-0.2, -0.15) is 13.2 Å². The van der Waals surface area contributed by atoms with Gasteiger partial charge in [0.05, 0.1) is 11.7 Å². The highest BCUT2D eigenvalue weighted by atomic mass is 19.4. The third-order valence-corrected chi connectivity index (χ3v) is 4.63. The lowest BCUT2D eigenvalue weighted by atomic mass is 10.1. The zero-order chi connectivity index (χ0) is 16.6. The minimum Gasteiger partial charge on any atom is -0.353 e. The lowest BCUT2D eigenvalue weighted by Crippen LogP contribution is -2.54. The summed E-state index contributed by atoms with van der Waals surface area (Å²) in [7, 11) is 0. The van der Waals surface area contributed by atoms with Crippen molar-refractivity contribution in [3.8, 4) is 0 Å². The maximum atomic E-state index is 13.4. The van der Waals surface area contributed by atoms with Gasteiger partial charge in [-0.25, -0.2) is 4.98 Å². The van der Waals surface area contributed by atoms with Crippen molar-refractivity contribution in [2.45, 2.75) is 57.9 Å². The second kappa shape index (κ2) is 6.14. The van der Waals surface area contributed by atoms with Crippen molar-refractivity contribution in [1.82, 2.24) is 19.8 Å². The van der Waals surface area contributed by atoms with Crippen LogP contribution >= 0.6 is 0 Å². The number of rotatable bonds is 3. The molecule has 1 unspecified atom stereocenters. The molecule has 23 heavy (non-hydrogen) atoms. The van der Waals surface area contributed by atoms with E-state index in [1.165, 1.54) is 0 Å². The van der Waals surface area contributed by atoms with Gasteiger partial charge in [0.15, 0.2) is 5.69 Å². The predicted molar refractivity (Wildman–Crippen MR) is 77.7 cm³/mol. The van der Waals surface area contributed by atoms with Crippen molar-refractivity contribution in [3.63, 3.8) is 0 Å². The van der Waals surface area contributed by atoms with Crippen LogP contribution in [0.1, 0.15) is 43.4 Å². The number of imidazole rings is 1. The molecule has 1 fully saturated rings. The Hall–Kier alpha value is -1.57. The number of hydrogen-bond donors (Lipinski definition) is 1. The average molecular weight is 330 g/mol. The molecule has 0 aromatic carbocycles. The summed E-state index contributed by atoms with van der Waals surface area (Å²) in [5.74, 6) is 0.416. The van der Waals surface area contributed by atoms with Crippen molar-refractivity contribution < 1.29 is 18.0 Å². The summed E-state index contributed by atoms with van der Waals surface area (Å²) in [4.78, 5) is 17.6. The highest BCUT2D eigenvalue weighted by Crippen LogP contribution is 2.34. The van der Waals surface area contributed by atoms with Gasteiger partial charge in [0.1, 0.15) is 5.82 Å². The maximum Gasteiger partial charge on any atom is 0.435 e. The number of aryl methyl sites for hydroxylation is 1. The number of piperazine rings is 1. The van der Waals surface area contributed by atoms with Crippen LogP contribution in [0.4, 0.5) is 13.2 Å². The lowest BCUT2D eigenvalue weighted by Gasteiger charge is -2.35. The Morgan fingerprint density at radius 1 is 1.30 bits per heavy atom. The first kappa shape index (κ1) is 16.3. The summed E-state index contributed by atoms with van der Waals surface area (Å²) in [5, 5.41) is 2.77. The SMILES string of the molecule is CCC1C(=O)NCCN1Cc1c(C(F)(F)F)nc2n1CCCC2. The molecule has 0 saturated carbocycles. The fourth-order valence-corrected chi connectivity index (χ4v) is 3.52. The highest BCUT2D eigenvalue weighted by Gasteiger charge is 2.40. The number of carbonyl (C=O) groups is 1. The monoisotopic (exact) mass is 330 g/mol. The van der Waals surface area contributed by atoms with Crippen LogP contribution in [0.5, 0.6) is 0 Å². The Morgan fingerprint density at radius 3 is 2.78 bits per heavy atom. The Bertz CT molecular complexity index is 596. The molecule has 0 spiro atoms. The summed E-state index contributed by atoms with van der Waals surface area (Å²) in [6, 6.07) is -0.375. The largest absolute Gasteiger partial charge is 0.435 e. The second-order valence-electron chi connectivity index (χ2n) is 6.12. The Kier molecular flexibility index (Phi) is 4.35. The fourth-order valence-electron chi connectivity index (χ4n) is 3.52. The lowest BCUT2D eigenvalue weighted by molar-refractivity contribution is -0.142. The van der Waals surface area contributed by atoms with Gasteiger partial charge in [-0.05, 0) is 19.3 Å². The van der Waals surface area contributed by atoms with Crippen molar-refractivity contribution in [1.29, 1.82) is 0 Å². The van der Waals surface area contributed by atoms with Gasteiger partial charge in [0.25, 0.3) is 0 Å². The van der Waals surface area contributed by atoms with E-state index in [0.717, 1.165) is 12.8 Å². The van der Waals surface area contributed by atoms with Crippen LogP contribution in [0.25, 0.3) is 0 Å². The van der Waals surface area contributed by atoms with Gasteiger partial charge in [0.2, 0.25) is 5.91 Å². The van der Waals surface area contributed by atoms with Gasteiger partial charge in [-0.1, -0.05) is 6.92 Å². The number of nitrogens with zero attached hydrogens (tertiary/aromatic N) is 3. The molecule has 0 radical (unpaired) electrons. The van der Waals surface area contributed by atoms with E-state index in [2.05, 4.69) is 10.3 Å². The smallest absolute Gasteiger partial charge is 0.353 e. The van der Waals surface area contributed by atoms with Gasteiger partial charge < -0.3 is 9.88 Å². The molecular weight excluding hydrogens is 309 g/mol. The molecule has 128 valence electrons. The van der Waals surface area contributed by atoms with Crippen LogP contribution in [0, 0.1) is 0 Å². The van der Waals surface area contributed by atoms with Gasteiger partial charge in [0, 0.05) is 32.6 Å². The predicted octanol–water partition coefficient (Wildman–Crippen LogP) is 1.95. The third-order valence-electron chi connectivity index (χ3n) is 4.63. The fraction of sp³-hybridized carbons (Fsp3) is 0.733. The topological polar surface area (TPSA) is 50.2 Å². The number of carbonyl (C=O) groups excluding carboxylic acids is 1. The Balaban J connectivity index is 1.95. The van der Waals surface area contributed by atoms with Crippen LogP contribution in [0.3, 0.4) is 0 Å². The van der Waals surface area contributed by atoms with Crippen LogP contribution in [-0.4, -0.2) is 39.5 Å². The van der Waals surface area contributed by atoms with Crippen molar-refractivity contribution in [2.24, 2.45) is 0 Å². The molecule has 0 bridgehead atoms. The average Bonchev–Trinajstić information content (AvgIpc) is 2.87. The summed E-state index contributed by atoms with van der Waals surface area (Å²) in [5.41, 5.74) is -0.574. The summed E-state index contributed by atoms with van der Waals surface area (Å²) in [6.07, 6.45) is -1.56. The number of hydrogen-bond acceptors (Lipinski definition) is 3. The van der Waals surface area contributed by atoms with Gasteiger partial charge in [-0.15, -0.1) is 0 Å². The van der Waals surface area contributed by atoms with Crippen molar-refractivity contribution in [2.75, 3.05) is 13.1 Å². The molecule has 2 aliphatic rings. The highest BCUT2D eigenvalue weighted by molar-refractivity contribution is 5.82. The van der Waals surface area contributed by atoms with E-state index >= 15 is 0 Å². The van der Waals surface area contributed by atoms with E-state index in [0.29, 0.717) is 38.3 Å². The first-order valence-electron chi connectivity index (χ1n) is 8.09. The number of alkyl halides is 3. The summed E-state index contributed by atoms with van der Waals surface area (Å²) < 4.78 is 41.8. The van der Waals surface area contributed by atoms with Crippen molar-refractivity contribution in [3.05, 3.63) is 17.2 Å². The van der Waals surface area contributed by atoms with Crippen LogP contribution < -0.4 is 5.32 Å². The van der Waals surface area contributed by atoms with Crippen LogP contribution in [0.15, 0.2) is 0 Å². The third kappa shape index (κ3) is 3.08. The zero-order valence-corrected chi connectivity index (χ0v) is 13.1. The van der Waals surface area contributed by atoms with Crippen molar-refractivity contribution >= 4 is 5.91 Å². The molecular formula is C15H21F3N4O. The molecule has 1 aromatic rings. The van der Waals surface area contributed by atoms with Crippen LogP contribution in [0.2, 0.25) is 0 Å². The molecule has 2 aliphatic heterocycles. The van der Waals surface area contributed by atoms with Crippen LogP contribution in [-0.2, 0) is 30.5 Å². The first-order valence-corrected chi connectivity index (χ1v) is 8.09. The Labute approximate surface area is 132 Å². The van der Waals surface area contributed by atoms with E-state index in [-0.39, 0.29) is 24.2 Å². The molecule has 1 amide bonds. The second-order valence-corrected chi connectivity index (χ2v) is 6.12. The molecule has 1 aromatic heterocycles. The molecule has 1 atom stereocenters. The minimum atomic E-state index is -4.46. The molecule has 3 rings (SSSR count). The molecule has 5 nitrogen and oxygen atoms in total. The molecule has 1 N–H and O–H groups in total. The standard InChI is InChI=1S/C15H21F3N4O/c1-2-10-14(23)19-6-8-21(10)9-11-13(15(16,17)18)20-12-5-3-4-7-22(11)12/h10H,2-9H2,1H3,(H,19,23). The summed E-state index contributed by atoms with van der Waals surface area (Å²) >= 11 is 0. The number of amides is 1. The molecule has 1 saturated heterocycles. The molecule has 3 heterocycles. The number of fused-ring (bicyclic) bond motifs is 1. The first-order chi connectivity index (χ1) is 10.9. The Morgan fingerprint density at radius 2 is 2.09 bits per heavy atom. The normalized spacial score (nSPS) is 22.8. The van der Waals surface area contributed by atoms with Gasteiger partial charge in [-0.3, -0.25) is 9.69 Å². The van der Waals surface area contributed by atoms with Gasteiger partial charge >= 0.3 is 6.18 Å². The number of nitrogens with one attached hydrogen (secondary N) is 1. The zero-order valence-electron chi connectivity index (χ0n) is 13.1. The summed E-state index contributed by atoms with van der Waals surface area (Å²) in [6.45, 7) is 3.59.